The lowest BCUT2D eigenvalue weighted by molar-refractivity contribution is -0.155. The zero-order valence-electron chi connectivity index (χ0n) is 15.2. The van der Waals surface area contributed by atoms with Crippen LogP contribution in [0, 0.1) is 0 Å². The van der Waals surface area contributed by atoms with Crippen LogP contribution in [0.3, 0.4) is 0 Å². The molecule has 0 radical (unpaired) electrons. The Morgan fingerprint density at radius 3 is 2.50 bits per heavy atom. The van der Waals surface area contributed by atoms with Crippen LogP contribution >= 0.6 is 0 Å². The van der Waals surface area contributed by atoms with Gasteiger partial charge in [0.05, 0.1) is 6.26 Å². The maximum absolute atomic E-state index is 12.4. The molecule has 2 aromatic heterocycles. The van der Waals surface area contributed by atoms with Gasteiger partial charge in [0.25, 0.3) is 0 Å². The molecule has 0 fully saturated rings. The third-order valence-electron chi connectivity index (χ3n) is 4.29. The molecule has 0 aliphatic rings. The number of benzene rings is 2. The zero-order valence-corrected chi connectivity index (χ0v) is 15.2. The quantitative estimate of drug-likeness (QED) is 0.466. The van der Waals surface area contributed by atoms with Crippen LogP contribution in [0.1, 0.15) is 20.8 Å². The molecule has 0 saturated heterocycles. The molecule has 0 spiro atoms. The van der Waals surface area contributed by atoms with Gasteiger partial charge in [0.2, 0.25) is 0 Å². The van der Waals surface area contributed by atoms with E-state index in [1.807, 2.05) is 67.8 Å². The maximum Gasteiger partial charge on any atom is 0.326 e. The number of carbonyl (C=O) groups excluding carboxylic acids is 1. The van der Waals surface area contributed by atoms with E-state index in [9.17, 15) is 4.79 Å². The van der Waals surface area contributed by atoms with E-state index in [1.54, 1.807) is 6.26 Å². The number of ether oxygens (including phenoxy) is 1. The van der Waals surface area contributed by atoms with Gasteiger partial charge >= 0.3 is 5.97 Å². The van der Waals surface area contributed by atoms with E-state index in [0.717, 1.165) is 33.1 Å². The number of fused-ring (bicyclic) bond motifs is 3. The Hall–Kier alpha value is -3.01. The highest BCUT2D eigenvalue weighted by atomic mass is 16.6. The Morgan fingerprint density at radius 1 is 1.00 bits per heavy atom. The topological polar surface area (TPSA) is 44.4 Å². The lowest BCUT2D eigenvalue weighted by atomic mass is 10.1. The summed E-state index contributed by atoms with van der Waals surface area (Å²) in [6.45, 7) is 5.83. The van der Waals surface area contributed by atoms with Crippen LogP contribution < -0.4 is 0 Å². The van der Waals surface area contributed by atoms with Crippen LogP contribution in [0.4, 0.5) is 0 Å². The van der Waals surface area contributed by atoms with Crippen molar-refractivity contribution in [2.24, 2.45) is 0 Å². The predicted molar refractivity (Wildman–Crippen MR) is 103 cm³/mol. The Labute approximate surface area is 152 Å². The molecule has 0 N–H and O–H groups in total. The SMILES string of the molecule is CC(C)(C)OC(=O)Cn1c2ccccc2c2cc(-c3ccco3)ccc21. The first-order chi connectivity index (χ1) is 12.4. The van der Waals surface area contributed by atoms with Crippen LogP contribution in [-0.2, 0) is 16.1 Å². The van der Waals surface area contributed by atoms with E-state index in [1.165, 1.54) is 0 Å². The Balaban J connectivity index is 1.85. The highest BCUT2D eigenvalue weighted by molar-refractivity contribution is 6.09. The number of carbonyl (C=O) groups is 1. The van der Waals surface area contributed by atoms with Gasteiger partial charge < -0.3 is 13.7 Å². The van der Waals surface area contributed by atoms with Crippen molar-refractivity contribution in [1.82, 2.24) is 4.57 Å². The van der Waals surface area contributed by atoms with Crippen molar-refractivity contribution in [2.75, 3.05) is 0 Å². The molecule has 0 aliphatic carbocycles. The highest BCUT2D eigenvalue weighted by Crippen LogP contribution is 2.32. The minimum Gasteiger partial charge on any atom is -0.464 e. The number of esters is 1. The van der Waals surface area contributed by atoms with Gasteiger partial charge in [-0.25, -0.2) is 0 Å². The fourth-order valence-corrected chi connectivity index (χ4v) is 3.32. The van der Waals surface area contributed by atoms with Gasteiger partial charge in [-0.15, -0.1) is 0 Å². The van der Waals surface area contributed by atoms with Crippen LogP contribution in [0.5, 0.6) is 0 Å². The molecular weight excluding hydrogens is 326 g/mol. The van der Waals surface area contributed by atoms with E-state index in [0.29, 0.717) is 0 Å². The number of para-hydroxylation sites is 1. The molecule has 4 nitrogen and oxygen atoms in total. The molecule has 0 saturated carbocycles. The summed E-state index contributed by atoms with van der Waals surface area (Å²) >= 11 is 0. The lowest BCUT2D eigenvalue weighted by Crippen LogP contribution is -2.26. The van der Waals surface area contributed by atoms with E-state index in [2.05, 4.69) is 12.1 Å². The summed E-state index contributed by atoms with van der Waals surface area (Å²) in [7, 11) is 0. The van der Waals surface area contributed by atoms with Crippen molar-refractivity contribution < 1.29 is 13.9 Å². The predicted octanol–water partition coefficient (Wildman–Crippen LogP) is 5.40. The molecule has 132 valence electrons. The number of hydrogen-bond acceptors (Lipinski definition) is 3. The van der Waals surface area contributed by atoms with E-state index in [-0.39, 0.29) is 12.5 Å². The summed E-state index contributed by atoms with van der Waals surface area (Å²) < 4.78 is 13.1. The molecule has 2 heterocycles. The summed E-state index contributed by atoms with van der Waals surface area (Å²) in [6.07, 6.45) is 1.67. The summed E-state index contributed by atoms with van der Waals surface area (Å²) in [6, 6.07) is 18.1. The molecule has 4 rings (SSSR count). The molecule has 0 atom stereocenters. The molecule has 2 aromatic carbocycles. The number of hydrogen-bond donors (Lipinski definition) is 0. The van der Waals surface area contributed by atoms with Crippen LogP contribution in [0.25, 0.3) is 33.1 Å². The normalized spacial score (nSPS) is 12.0. The number of rotatable bonds is 3. The minimum atomic E-state index is -0.498. The van der Waals surface area contributed by atoms with E-state index >= 15 is 0 Å². The molecule has 0 unspecified atom stereocenters. The largest absolute Gasteiger partial charge is 0.464 e. The number of aromatic nitrogens is 1. The van der Waals surface area contributed by atoms with Gasteiger partial charge in [0.15, 0.2) is 0 Å². The zero-order chi connectivity index (χ0) is 18.3. The maximum atomic E-state index is 12.4. The average Bonchev–Trinajstić information content (AvgIpc) is 3.21. The van der Waals surface area contributed by atoms with Crippen molar-refractivity contribution in [3.8, 4) is 11.3 Å². The second-order valence-electron chi connectivity index (χ2n) is 7.40. The van der Waals surface area contributed by atoms with Crippen molar-refractivity contribution in [1.29, 1.82) is 0 Å². The van der Waals surface area contributed by atoms with E-state index < -0.39 is 5.60 Å². The molecule has 4 heteroatoms. The summed E-state index contributed by atoms with van der Waals surface area (Å²) in [5, 5.41) is 2.21. The fourth-order valence-electron chi connectivity index (χ4n) is 3.32. The summed E-state index contributed by atoms with van der Waals surface area (Å²) in [5.74, 6) is 0.589. The van der Waals surface area contributed by atoms with Gasteiger partial charge in [-0.3, -0.25) is 4.79 Å². The average molecular weight is 347 g/mol. The van der Waals surface area contributed by atoms with Crippen molar-refractivity contribution >= 4 is 27.8 Å². The second kappa shape index (κ2) is 6.06. The van der Waals surface area contributed by atoms with Gasteiger partial charge in [-0.2, -0.15) is 0 Å². The van der Waals surface area contributed by atoms with Gasteiger partial charge in [0, 0.05) is 27.4 Å². The molecule has 26 heavy (non-hydrogen) atoms. The lowest BCUT2D eigenvalue weighted by Gasteiger charge is -2.20. The minimum absolute atomic E-state index is 0.182. The van der Waals surface area contributed by atoms with Gasteiger partial charge in [-0.1, -0.05) is 18.2 Å². The fraction of sp³-hybridized carbons (Fsp3) is 0.227. The monoisotopic (exact) mass is 347 g/mol. The standard InChI is InChI=1S/C22H21NO3/c1-22(2,3)26-21(24)14-23-18-8-5-4-7-16(18)17-13-15(10-11-19(17)23)20-9-6-12-25-20/h4-13H,14H2,1-3H3. The Bertz CT molecular complexity index is 1080. The van der Waals surface area contributed by atoms with Crippen LogP contribution in [0.15, 0.2) is 65.3 Å². The van der Waals surface area contributed by atoms with Gasteiger partial charge in [-0.05, 0) is 57.2 Å². The van der Waals surface area contributed by atoms with Crippen molar-refractivity contribution in [3.63, 3.8) is 0 Å². The molecule has 0 amide bonds. The Kier molecular flexibility index (Phi) is 3.83. The molecule has 4 aromatic rings. The third-order valence-corrected chi connectivity index (χ3v) is 4.29. The molecular formula is C22H21NO3. The second-order valence-corrected chi connectivity index (χ2v) is 7.40. The third kappa shape index (κ3) is 2.99. The van der Waals surface area contributed by atoms with E-state index in [4.69, 9.17) is 9.15 Å². The van der Waals surface area contributed by atoms with Crippen molar-refractivity contribution in [3.05, 3.63) is 60.9 Å². The Morgan fingerprint density at radius 2 is 1.77 bits per heavy atom. The highest BCUT2D eigenvalue weighted by Gasteiger charge is 2.19. The van der Waals surface area contributed by atoms with Gasteiger partial charge in [0.1, 0.15) is 17.9 Å². The molecule has 0 bridgehead atoms. The number of furan rings is 1. The summed E-state index contributed by atoms with van der Waals surface area (Å²) in [5.41, 5.74) is 2.54. The smallest absolute Gasteiger partial charge is 0.326 e. The number of nitrogens with zero attached hydrogens (tertiary/aromatic N) is 1. The first-order valence-corrected chi connectivity index (χ1v) is 8.69. The van der Waals surface area contributed by atoms with Crippen LogP contribution in [-0.4, -0.2) is 16.1 Å². The first-order valence-electron chi connectivity index (χ1n) is 8.69. The molecule has 0 aliphatic heterocycles. The van der Waals surface area contributed by atoms with Crippen molar-refractivity contribution in [2.45, 2.75) is 32.9 Å². The van der Waals surface area contributed by atoms with Crippen LogP contribution in [0.2, 0.25) is 0 Å². The first kappa shape index (κ1) is 16.5. The summed E-state index contributed by atoms with van der Waals surface area (Å²) in [4.78, 5) is 12.4.